The predicted molar refractivity (Wildman–Crippen MR) is 358 cm³/mol. The minimum atomic E-state index is -4.41. The first-order chi connectivity index (χ1) is 40.8. The van der Waals surface area contributed by atoms with Crippen molar-refractivity contribution in [3.05, 3.63) is 72.9 Å². The first kappa shape index (κ1) is 80.5. The lowest BCUT2D eigenvalue weighted by Gasteiger charge is -2.19. The van der Waals surface area contributed by atoms with Crippen LogP contribution in [0.25, 0.3) is 0 Å². The lowest BCUT2D eigenvalue weighted by Crippen LogP contribution is -2.29. The molecule has 0 aliphatic heterocycles. The molecule has 0 aliphatic rings. The van der Waals surface area contributed by atoms with E-state index in [1.165, 1.54) is 244 Å². The van der Waals surface area contributed by atoms with Crippen LogP contribution >= 0.6 is 7.82 Å². The van der Waals surface area contributed by atoms with E-state index in [1.54, 1.807) is 0 Å². The van der Waals surface area contributed by atoms with Gasteiger partial charge in [-0.1, -0.05) is 344 Å². The van der Waals surface area contributed by atoms with Gasteiger partial charge in [0.05, 0.1) is 13.2 Å². The maximum Gasteiger partial charge on any atom is 0.472 e. The fourth-order valence-electron chi connectivity index (χ4n) is 10.4. The van der Waals surface area contributed by atoms with Gasteiger partial charge in [-0.05, 0) is 64.2 Å². The lowest BCUT2D eigenvalue weighted by molar-refractivity contribution is -0.161. The Morgan fingerprint density at radius 1 is 0.373 bits per heavy atom. The number of phosphoric acid groups is 1. The first-order valence-electron chi connectivity index (χ1n) is 35.4. The van der Waals surface area contributed by atoms with Crippen LogP contribution in [0.1, 0.15) is 348 Å². The zero-order valence-corrected chi connectivity index (χ0v) is 55.3. The molecule has 0 rings (SSSR count). The number of hydrogen-bond donors (Lipinski definition) is 2. The smallest absolute Gasteiger partial charge is 0.462 e. The van der Waals surface area contributed by atoms with Gasteiger partial charge >= 0.3 is 19.8 Å². The van der Waals surface area contributed by atoms with Crippen molar-refractivity contribution < 1.29 is 37.6 Å². The summed E-state index contributed by atoms with van der Waals surface area (Å²) >= 11 is 0. The molecule has 0 aromatic carbocycles. The summed E-state index contributed by atoms with van der Waals surface area (Å²) in [5.74, 6) is -0.869. The molecule has 484 valence electrons. The Labute approximate surface area is 513 Å². The number of rotatable bonds is 67. The number of esters is 2. The monoisotopic (exact) mass is 1180 g/mol. The number of phosphoric ester groups is 1. The second-order valence-corrected chi connectivity index (χ2v) is 25.2. The normalized spacial score (nSPS) is 13.3. The second-order valence-electron chi connectivity index (χ2n) is 23.7. The van der Waals surface area contributed by atoms with Crippen molar-refractivity contribution in [1.29, 1.82) is 0 Å². The maximum atomic E-state index is 12.7. The quantitative estimate of drug-likeness (QED) is 0.0264. The van der Waals surface area contributed by atoms with Gasteiger partial charge in [-0.3, -0.25) is 18.6 Å². The Bertz CT molecular complexity index is 1590. The van der Waals surface area contributed by atoms with E-state index in [9.17, 15) is 19.0 Å². The molecule has 0 amide bonds. The summed E-state index contributed by atoms with van der Waals surface area (Å²) in [7, 11) is -4.41. The number of hydrogen-bond acceptors (Lipinski definition) is 8. The third kappa shape index (κ3) is 68.4. The second kappa shape index (κ2) is 68.6. The van der Waals surface area contributed by atoms with Gasteiger partial charge in [-0.2, -0.15) is 0 Å². The fraction of sp³-hybridized carbons (Fsp3) is 0.808. The lowest BCUT2D eigenvalue weighted by atomic mass is 10.0. The van der Waals surface area contributed by atoms with Crippen molar-refractivity contribution in [2.75, 3.05) is 26.4 Å². The molecule has 10 heteroatoms. The molecule has 0 radical (unpaired) electrons. The summed E-state index contributed by atoms with van der Waals surface area (Å²) in [5.41, 5.74) is 5.39. The molecule has 2 unspecified atom stereocenters. The highest BCUT2D eigenvalue weighted by molar-refractivity contribution is 7.47. The zero-order chi connectivity index (χ0) is 60.1. The summed E-state index contributed by atoms with van der Waals surface area (Å²) in [6.45, 7) is 3.62. The van der Waals surface area contributed by atoms with Crippen molar-refractivity contribution >= 4 is 19.8 Å². The van der Waals surface area contributed by atoms with Gasteiger partial charge in [0.2, 0.25) is 0 Å². The van der Waals surface area contributed by atoms with Crippen LogP contribution in [0.5, 0.6) is 0 Å². The van der Waals surface area contributed by atoms with Gasteiger partial charge in [0.25, 0.3) is 0 Å². The molecule has 0 fully saturated rings. The molecular weight excluding hydrogens is 1050 g/mol. The molecule has 0 saturated carbocycles. The van der Waals surface area contributed by atoms with Gasteiger partial charge in [-0.25, -0.2) is 4.57 Å². The summed E-state index contributed by atoms with van der Waals surface area (Å²) in [6.07, 6.45) is 90.4. The molecule has 2 atom stereocenters. The van der Waals surface area contributed by atoms with Crippen molar-refractivity contribution in [1.82, 2.24) is 0 Å². The zero-order valence-electron chi connectivity index (χ0n) is 54.4. The van der Waals surface area contributed by atoms with Gasteiger partial charge in [0.15, 0.2) is 6.10 Å². The van der Waals surface area contributed by atoms with E-state index in [1.807, 2.05) is 0 Å². The van der Waals surface area contributed by atoms with E-state index in [0.717, 1.165) is 70.6 Å². The third-order valence-corrected chi connectivity index (χ3v) is 16.6. The summed E-state index contributed by atoms with van der Waals surface area (Å²) < 4.78 is 33.1. The Morgan fingerprint density at radius 2 is 0.663 bits per heavy atom. The molecule has 0 heterocycles. The first-order valence-corrected chi connectivity index (χ1v) is 36.9. The molecule has 0 saturated heterocycles. The van der Waals surface area contributed by atoms with Crippen LogP contribution < -0.4 is 5.73 Å². The highest BCUT2D eigenvalue weighted by atomic mass is 31.2. The van der Waals surface area contributed by atoms with E-state index in [2.05, 4.69) is 86.8 Å². The van der Waals surface area contributed by atoms with E-state index < -0.39 is 26.5 Å². The molecule has 0 aromatic rings. The summed E-state index contributed by atoms with van der Waals surface area (Å²) in [4.78, 5) is 35.3. The van der Waals surface area contributed by atoms with Crippen LogP contribution in [0, 0.1) is 0 Å². The number of nitrogens with two attached hydrogens (primary N) is 1. The molecular formula is C73H134NO8P. The van der Waals surface area contributed by atoms with Crippen molar-refractivity contribution in [2.24, 2.45) is 5.73 Å². The predicted octanol–water partition coefficient (Wildman–Crippen LogP) is 23.2. The average Bonchev–Trinajstić information content (AvgIpc) is 3.49. The fourth-order valence-corrected chi connectivity index (χ4v) is 11.2. The van der Waals surface area contributed by atoms with Crippen molar-refractivity contribution in [3.8, 4) is 0 Å². The van der Waals surface area contributed by atoms with Crippen LogP contribution in [-0.4, -0.2) is 49.3 Å². The largest absolute Gasteiger partial charge is 0.472 e. The summed E-state index contributed by atoms with van der Waals surface area (Å²) in [6, 6.07) is 0. The molecule has 0 bridgehead atoms. The van der Waals surface area contributed by atoms with Gasteiger partial charge in [0, 0.05) is 19.4 Å². The van der Waals surface area contributed by atoms with Gasteiger partial charge < -0.3 is 20.1 Å². The van der Waals surface area contributed by atoms with Gasteiger partial charge in [0.1, 0.15) is 6.61 Å². The number of unbranched alkanes of at least 4 members (excludes halogenated alkanes) is 42. The topological polar surface area (TPSA) is 134 Å². The molecule has 83 heavy (non-hydrogen) atoms. The van der Waals surface area contributed by atoms with Crippen LogP contribution in [0.4, 0.5) is 0 Å². The van der Waals surface area contributed by atoms with Gasteiger partial charge in [-0.15, -0.1) is 0 Å². The molecule has 0 spiro atoms. The minimum absolute atomic E-state index is 0.0440. The van der Waals surface area contributed by atoms with Crippen LogP contribution in [0.2, 0.25) is 0 Å². The van der Waals surface area contributed by atoms with E-state index in [4.69, 9.17) is 24.3 Å². The van der Waals surface area contributed by atoms with Crippen LogP contribution in [-0.2, 0) is 32.7 Å². The van der Waals surface area contributed by atoms with E-state index >= 15 is 0 Å². The van der Waals surface area contributed by atoms with Crippen LogP contribution in [0.3, 0.4) is 0 Å². The highest BCUT2D eigenvalue weighted by Crippen LogP contribution is 2.43. The highest BCUT2D eigenvalue weighted by Gasteiger charge is 2.26. The van der Waals surface area contributed by atoms with E-state index in [0.29, 0.717) is 6.42 Å². The summed E-state index contributed by atoms with van der Waals surface area (Å²) in [5, 5.41) is 0. The Balaban J connectivity index is 3.78. The number of carbonyl (C=O) groups is 2. The van der Waals surface area contributed by atoms with E-state index in [-0.39, 0.29) is 38.6 Å². The SMILES string of the molecule is CC/C=C\C/C=C\C/C=C\C/C=C\C/C=C\C/C=C\CCCCC(=O)OC(COC(=O)CCCCCCCCCCCCCCCCCCCCCCCCCCCCCCCCCCCCCCCCCCC)COP(=O)(O)OCCN. The number of carbonyl (C=O) groups excluding carboxylic acids is 2. The molecule has 0 aromatic heterocycles. The number of allylic oxidation sites excluding steroid dienone is 12. The number of ether oxygens (including phenoxy) is 2. The molecule has 0 aliphatic carbocycles. The standard InChI is InChI=1S/C73H134NO8P/c1-3-5-7-9-11-13-15-17-19-21-23-25-26-27-28-29-30-31-32-33-34-35-36-37-38-39-40-41-42-43-44-46-47-49-51-53-55-57-59-61-63-65-72(75)79-69-71(70-81-83(77,78)80-68-67-74)82-73(76)66-64-62-60-58-56-54-52-50-48-45-24-22-20-18-16-14-12-10-8-6-4-2/h6,8,12,14,18,20,24,45,50,52,56,58,71H,3-5,7,9-11,13,15-17,19,21-23,25-44,46-49,51,53-55,57,59-70,74H2,1-2H3,(H,77,78)/b8-6-,14-12-,20-18-,45-24-,52-50-,58-56-. The molecule has 9 nitrogen and oxygen atoms in total. The van der Waals surface area contributed by atoms with Crippen LogP contribution in [0.15, 0.2) is 72.9 Å². The Hall–Kier alpha value is -2.55. The average molecular weight is 1180 g/mol. The maximum absolute atomic E-state index is 12.7. The van der Waals surface area contributed by atoms with Crippen molar-refractivity contribution in [2.45, 2.75) is 354 Å². The Morgan fingerprint density at radius 3 is 0.988 bits per heavy atom. The van der Waals surface area contributed by atoms with Crippen molar-refractivity contribution in [3.63, 3.8) is 0 Å². The minimum Gasteiger partial charge on any atom is -0.462 e. The molecule has 3 N–H and O–H groups in total. The Kier molecular flexibility index (Phi) is 66.5. The third-order valence-electron chi connectivity index (χ3n) is 15.6.